The van der Waals surface area contributed by atoms with Crippen LogP contribution >= 0.6 is 0 Å². The fourth-order valence-electron chi connectivity index (χ4n) is 1.85. The van der Waals surface area contributed by atoms with Crippen molar-refractivity contribution in [3.63, 3.8) is 0 Å². The fraction of sp³-hybridized carbons (Fsp3) is 0.778. The molecule has 4 nitrogen and oxygen atoms in total. The summed E-state index contributed by atoms with van der Waals surface area (Å²) >= 11 is 0. The monoisotopic (exact) mass is 218 g/mol. The Bertz CT molecular complexity index is 324. The predicted molar refractivity (Wildman–Crippen MR) is 57.9 cm³/mol. The molecule has 0 bridgehead atoms. The number of nitrogens with two attached hydrogens (primary N) is 1. The first-order chi connectivity index (χ1) is 6.32. The van der Waals surface area contributed by atoms with E-state index in [1.807, 2.05) is 18.9 Å². The maximum absolute atomic E-state index is 11.3. The van der Waals surface area contributed by atoms with Gasteiger partial charge < -0.3 is 5.73 Å². The summed E-state index contributed by atoms with van der Waals surface area (Å²) in [5, 5.41) is 0. The van der Waals surface area contributed by atoms with Crippen LogP contribution in [0.3, 0.4) is 0 Å². The highest BCUT2D eigenvalue weighted by Crippen LogP contribution is 2.16. The molecule has 0 amide bonds. The second-order valence-corrected chi connectivity index (χ2v) is 6.33. The Kier molecular flexibility index (Phi) is 3.34. The summed E-state index contributed by atoms with van der Waals surface area (Å²) in [6.07, 6.45) is 0. The van der Waals surface area contributed by atoms with Crippen LogP contribution in [0.4, 0.5) is 0 Å². The van der Waals surface area contributed by atoms with Crippen molar-refractivity contribution in [2.45, 2.75) is 19.0 Å². The zero-order valence-corrected chi connectivity index (χ0v) is 9.55. The van der Waals surface area contributed by atoms with Gasteiger partial charge in [0.1, 0.15) is 0 Å². The second-order valence-electron chi connectivity index (χ2n) is 4.18. The van der Waals surface area contributed by atoms with Crippen LogP contribution in [-0.2, 0) is 9.84 Å². The molecule has 0 aliphatic carbocycles. The minimum Gasteiger partial charge on any atom is -0.325 e. The Labute approximate surface area is 85.7 Å². The minimum absolute atomic E-state index is 0.0586. The Balaban J connectivity index is 2.66. The van der Waals surface area contributed by atoms with Crippen molar-refractivity contribution in [2.24, 2.45) is 5.73 Å². The summed E-state index contributed by atoms with van der Waals surface area (Å²) in [7, 11) is -1.03. The average molecular weight is 218 g/mol. The molecule has 0 aromatic heterocycles. The van der Waals surface area contributed by atoms with E-state index in [0.717, 1.165) is 5.57 Å². The van der Waals surface area contributed by atoms with E-state index in [1.54, 1.807) is 0 Å². The van der Waals surface area contributed by atoms with E-state index in [2.05, 4.69) is 6.58 Å². The molecule has 1 saturated heterocycles. The molecule has 2 N–H and O–H groups in total. The van der Waals surface area contributed by atoms with Gasteiger partial charge in [-0.05, 0) is 14.0 Å². The Morgan fingerprint density at radius 2 is 2.14 bits per heavy atom. The Morgan fingerprint density at radius 3 is 2.50 bits per heavy atom. The molecular formula is C9H18N2O2S. The molecule has 82 valence electrons. The van der Waals surface area contributed by atoms with Crippen molar-refractivity contribution in [3.8, 4) is 0 Å². The smallest absolute Gasteiger partial charge is 0.153 e. The second kappa shape index (κ2) is 4.00. The van der Waals surface area contributed by atoms with Gasteiger partial charge in [0.2, 0.25) is 0 Å². The van der Waals surface area contributed by atoms with Crippen LogP contribution < -0.4 is 5.73 Å². The molecule has 0 radical (unpaired) electrons. The predicted octanol–water partition coefficient (Wildman–Crippen LogP) is -0.381. The molecule has 0 aromatic rings. The van der Waals surface area contributed by atoms with E-state index >= 15 is 0 Å². The molecule has 2 atom stereocenters. The van der Waals surface area contributed by atoms with Crippen molar-refractivity contribution >= 4 is 9.84 Å². The van der Waals surface area contributed by atoms with E-state index in [9.17, 15) is 8.42 Å². The van der Waals surface area contributed by atoms with Crippen LogP contribution in [0.5, 0.6) is 0 Å². The zero-order valence-electron chi connectivity index (χ0n) is 8.73. The van der Waals surface area contributed by atoms with E-state index < -0.39 is 9.84 Å². The van der Waals surface area contributed by atoms with Gasteiger partial charge >= 0.3 is 0 Å². The number of rotatable bonds is 3. The third-order valence-corrected chi connectivity index (χ3v) is 4.19. The van der Waals surface area contributed by atoms with Crippen molar-refractivity contribution in [3.05, 3.63) is 12.2 Å². The summed E-state index contributed by atoms with van der Waals surface area (Å²) in [6, 6.07) is -0.318. The third-order valence-electron chi connectivity index (χ3n) is 2.45. The lowest BCUT2D eigenvalue weighted by atomic mass is 10.1. The van der Waals surface area contributed by atoms with Gasteiger partial charge in [-0.3, -0.25) is 4.90 Å². The van der Waals surface area contributed by atoms with E-state index in [-0.39, 0.29) is 23.6 Å². The number of nitrogens with zero attached hydrogens (tertiary/aromatic N) is 1. The zero-order chi connectivity index (χ0) is 10.9. The van der Waals surface area contributed by atoms with Crippen molar-refractivity contribution in [2.75, 3.05) is 25.1 Å². The average Bonchev–Trinajstić information content (AvgIpc) is 2.23. The number of hydrogen-bond donors (Lipinski definition) is 1. The first-order valence-electron chi connectivity index (χ1n) is 4.62. The highest BCUT2D eigenvalue weighted by Gasteiger charge is 2.37. The van der Waals surface area contributed by atoms with Crippen molar-refractivity contribution in [1.29, 1.82) is 0 Å². The van der Waals surface area contributed by atoms with Gasteiger partial charge in [0, 0.05) is 18.6 Å². The van der Waals surface area contributed by atoms with Crippen LogP contribution in [0, 0.1) is 0 Å². The first kappa shape index (κ1) is 11.7. The molecule has 0 aromatic carbocycles. The van der Waals surface area contributed by atoms with Crippen LogP contribution in [0.1, 0.15) is 6.92 Å². The van der Waals surface area contributed by atoms with Crippen molar-refractivity contribution in [1.82, 2.24) is 4.90 Å². The summed E-state index contributed by atoms with van der Waals surface area (Å²) in [6.45, 7) is 6.42. The lowest BCUT2D eigenvalue weighted by Crippen LogP contribution is -2.45. The summed E-state index contributed by atoms with van der Waals surface area (Å²) < 4.78 is 22.6. The van der Waals surface area contributed by atoms with Gasteiger partial charge in [-0.2, -0.15) is 0 Å². The molecule has 0 spiro atoms. The van der Waals surface area contributed by atoms with Gasteiger partial charge in [-0.1, -0.05) is 12.2 Å². The lowest BCUT2D eigenvalue weighted by molar-refractivity contribution is 0.263. The van der Waals surface area contributed by atoms with Crippen LogP contribution in [-0.4, -0.2) is 50.5 Å². The topological polar surface area (TPSA) is 63.4 Å². The Hall–Kier alpha value is -0.390. The first-order valence-corrected chi connectivity index (χ1v) is 6.44. The standard InChI is InChI=1S/C9H18N2O2S/c1-7(2)4-11(3)9-6-14(12,13)5-8(9)10/h8-9H,1,4-6,10H2,2-3H3/t8-,9-/m1/s1. The number of likely N-dealkylation sites (N-methyl/N-ethyl adjacent to an activating group) is 1. The molecular weight excluding hydrogens is 200 g/mol. The van der Waals surface area contributed by atoms with E-state index in [4.69, 9.17) is 5.73 Å². The van der Waals surface area contributed by atoms with Crippen LogP contribution in [0.25, 0.3) is 0 Å². The SMILES string of the molecule is C=C(C)CN(C)[C@@H]1CS(=O)(=O)C[C@H]1N. The largest absolute Gasteiger partial charge is 0.325 e. The van der Waals surface area contributed by atoms with E-state index in [0.29, 0.717) is 6.54 Å². The fourth-order valence-corrected chi connectivity index (χ4v) is 3.82. The molecule has 1 aliphatic heterocycles. The van der Waals surface area contributed by atoms with Crippen LogP contribution in [0.15, 0.2) is 12.2 Å². The lowest BCUT2D eigenvalue weighted by Gasteiger charge is -2.26. The van der Waals surface area contributed by atoms with E-state index in [1.165, 1.54) is 0 Å². The molecule has 1 rings (SSSR count). The molecule has 14 heavy (non-hydrogen) atoms. The summed E-state index contributed by atoms with van der Waals surface area (Å²) in [5.41, 5.74) is 6.80. The Morgan fingerprint density at radius 1 is 1.57 bits per heavy atom. The summed E-state index contributed by atoms with van der Waals surface area (Å²) in [4.78, 5) is 1.97. The highest BCUT2D eigenvalue weighted by atomic mass is 32.2. The number of hydrogen-bond acceptors (Lipinski definition) is 4. The molecule has 0 unspecified atom stereocenters. The minimum atomic E-state index is -2.92. The molecule has 0 saturated carbocycles. The molecule has 5 heteroatoms. The van der Waals surface area contributed by atoms with Gasteiger partial charge in [-0.15, -0.1) is 0 Å². The summed E-state index contributed by atoms with van der Waals surface area (Å²) in [5.74, 6) is 0.288. The van der Waals surface area contributed by atoms with Crippen molar-refractivity contribution < 1.29 is 8.42 Å². The highest BCUT2D eigenvalue weighted by molar-refractivity contribution is 7.91. The molecule has 1 aliphatic rings. The van der Waals surface area contributed by atoms with Gasteiger partial charge in [0.25, 0.3) is 0 Å². The quantitative estimate of drug-likeness (QED) is 0.656. The van der Waals surface area contributed by atoms with Gasteiger partial charge in [-0.25, -0.2) is 8.42 Å². The van der Waals surface area contributed by atoms with Crippen LogP contribution in [0.2, 0.25) is 0 Å². The third kappa shape index (κ3) is 2.80. The van der Waals surface area contributed by atoms with Gasteiger partial charge in [0.15, 0.2) is 9.84 Å². The number of sulfone groups is 1. The maximum atomic E-state index is 11.3. The maximum Gasteiger partial charge on any atom is 0.153 e. The molecule has 1 heterocycles. The normalized spacial score (nSPS) is 30.9. The van der Waals surface area contributed by atoms with Gasteiger partial charge in [0.05, 0.1) is 11.5 Å². The molecule has 1 fully saturated rings.